The van der Waals surface area contributed by atoms with Crippen LogP contribution in [0.15, 0.2) is 0 Å². The van der Waals surface area contributed by atoms with E-state index in [2.05, 4.69) is 4.74 Å². The van der Waals surface area contributed by atoms with Crippen molar-refractivity contribution in [2.24, 2.45) is 5.73 Å². The fourth-order valence-electron chi connectivity index (χ4n) is 0.180. The van der Waals surface area contributed by atoms with Gasteiger partial charge in [-0.05, 0) is 0 Å². The number of rotatable bonds is 1. The van der Waals surface area contributed by atoms with E-state index < -0.39 is 12.0 Å². The molecule has 4 nitrogen and oxygen atoms in total. The van der Waals surface area contributed by atoms with Gasteiger partial charge < -0.3 is 10.5 Å². The molecule has 0 aromatic carbocycles. The van der Waals surface area contributed by atoms with Crippen LogP contribution in [0.25, 0.3) is 0 Å². The summed E-state index contributed by atoms with van der Waals surface area (Å²) in [5.74, 6) is -0.701. The van der Waals surface area contributed by atoms with Gasteiger partial charge in [-0.3, -0.25) is 0 Å². The summed E-state index contributed by atoms with van der Waals surface area (Å²) >= 11 is 0. The molecule has 2 N–H and O–H groups in total. The van der Waals surface area contributed by atoms with E-state index in [0.717, 1.165) is 0 Å². The van der Waals surface area contributed by atoms with E-state index in [4.69, 9.17) is 11.0 Å². The first-order valence-electron chi connectivity index (χ1n) is 1.95. The first kappa shape index (κ1) is 11.1. The summed E-state index contributed by atoms with van der Waals surface area (Å²) in [6.45, 7) is 0. The molecule has 0 spiro atoms. The molecule has 0 aliphatic heterocycles. The van der Waals surface area contributed by atoms with Crippen LogP contribution in [-0.2, 0) is 9.53 Å². The Bertz CT molecular complexity index is 131. The summed E-state index contributed by atoms with van der Waals surface area (Å²) in [7, 11) is 1.18. The third-order valence-electron chi connectivity index (χ3n) is 0.594. The third kappa shape index (κ3) is 3.76. The summed E-state index contributed by atoms with van der Waals surface area (Å²) in [4.78, 5) is 10.2. The van der Waals surface area contributed by atoms with Crippen molar-refractivity contribution in [2.45, 2.75) is 6.04 Å². The van der Waals surface area contributed by atoms with E-state index in [9.17, 15) is 4.79 Å². The molecule has 0 rings (SSSR count). The van der Waals surface area contributed by atoms with Gasteiger partial charge in [0.2, 0.25) is 0 Å². The summed E-state index contributed by atoms with van der Waals surface area (Å²) in [5.41, 5.74) is 4.89. The Kier molecular flexibility index (Phi) is 6.58. The van der Waals surface area contributed by atoms with Crippen LogP contribution >= 0.6 is 12.4 Å². The molecule has 0 bridgehead atoms. The van der Waals surface area contributed by atoms with Gasteiger partial charge in [-0.2, -0.15) is 5.26 Å². The van der Waals surface area contributed by atoms with E-state index in [1.807, 2.05) is 0 Å². The lowest BCUT2D eigenvalue weighted by molar-refractivity contribution is -0.140. The second-order valence-electron chi connectivity index (χ2n) is 1.13. The van der Waals surface area contributed by atoms with Gasteiger partial charge in [0.05, 0.1) is 13.2 Å². The molecule has 0 radical (unpaired) electrons. The summed E-state index contributed by atoms with van der Waals surface area (Å²) in [5, 5.41) is 7.96. The number of hydrogen-bond acceptors (Lipinski definition) is 4. The SMILES string of the molecule is COC(=O)C(N)C#N.Cl. The zero-order valence-corrected chi connectivity index (χ0v) is 5.64. The highest BCUT2D eigenvalue weighted by Crippen LogP contribution is 1.77. The smallest absolute Gasteiger partial charge is 0.337 e. The minimum Gasteiger partial charge on any atom is -0.467 e. The molecule has 0 fully saturated rings. The average molecular weight is 151 g/mol. The molecule has 0 aliphatic rings. The molecule has 0 saturated carbocycles. The van der Waals surface area contributed by atoms with Crippen LogP contribution in [0.5, 0.6) is 0 Å². The molecule has 1 unspecified atom stereocenters. The van der Waals surface area contributed by atoms with E-state index in [1.165, 1.54) is 13.2 Å². The van der Waals surface area contributed by atoms with Crippen molar-refractivity contribution in [3.8, 4) is 6.07 Å². The third-order valence-corrected chi connectivity index (χ3v) is 0.594. The van der Waals surface area contributed by atoms with Crippen molar-refractivity contribution < 1.29 is 9.53 Å². The van der Waals surface area contributed by atoms with Crippen molar-refractivity contribution >= 4 is 18.4 Å². The molecule has 0 aromatic heterocycles. The Balaban J connectivity index is 0. The largest absolute Gasteiger partial charge is 0.467 e. The number of nitrogens with zero attached hydrogens (tertiary/aromatic N) is 1. The standard InChI is InChI=1S/C4H6N2O2.ClH/c1-8-4(7)3(6)2-5;/h3H,6H2,1H3;1H. The number of hydrogen-bond donors (Lipinski definition) is 1. The van der Waals surface area contributed by atoms with Gasteiger partial charge in [-0.15, -0.1) is 12.4 Å². The maximum atomic E-state index is 10.2. The van der Waals surface area contributed by atoms with E-state index in [-0.39, 0.29) is 12.4 Å². The molecule has 0 saturated heterocycles. The fraction of sp³-hybridized carbons (Fsp3) is 0.500. The first-order valence-corrected chi connectivity index (χ1v) is 1.95. The number of halogens is 1. The monoisotopic (exact) mass is 150 g/mol. The molecule has 52 valence electrons. The molecule has 0 aromatic rings. The highest BCUT2D eigenvalue weighted by Gasteiger charge is 2.10. The van der Waals surface area contributed by atoms with Crippen molar-refractivity contribution in [2.75, 3.05) is 7.11 Å². The first-order chi connectivity index (χ1) is 3.72. The Morgan fingerprint density at radius 3 is 2.44 bits per heavy atom. The van der Waals surface area contributed by atoms with Gasteiger partial charge in [-0.1, -0.05) is 0 Å². The molecular formula is C4H7ClN2O2. The number of methoxy groups -OCH3 is 1. The quantitative estimate of drug-likeness (QED) is 0.508. The number of carbonyl (C=O) groups excluding carboxylic acids is 1. The van der Waals surface area contributed by atoms with Crippen molar-refractivity contribution in [1.82, 2.24) is 0 Å². The molecule has 1 atom stereocenters. The predicted molar refractivity (Wildman–Crippen MR) is 32.9 cm³/mol. The zero-order chi connectivity index (χ0) is 6.57. The molecule has 5 heteroatoms. The van der Waals surface area contributed by atoms with Gasteiger partial charge in [-0.25, -0.2) is 4.79 Å². The highest BCUT2D eigenvalue weighted by atomic mass is 35.5. The average Bonchev–Trinajstić information content (AvgIpc) is 1.84. The van der Waals surface area contributed by atoms with Crippen LogP contribution in [0, 0.1) is 11.3 Å². The van der Waals surface area contributed by atoms with Crippen molar-refractivity contribution in [1.29, 1.82) is 5.26 Å². The van der Waals surface area contributed by atoms with Crippen molar-refractivity contribution in [3.63, 3.8) is 0 Å². The van der Waals surface area contributed by atoms with Gasteiger partial charge in [0.1, 0.15) is 0 Å². The number of nitrogens with two attached hydrogens (primary N) is 1. The van der Waals surface area contributed by atoms with Crippen LogP contribution in [-0.4, -0.2) is 19.1 Å². The molecule has 0 amide bonds. The normalized spacial score (nSPS) is 10.3. The van der Waals surface area contributed by atoms with Gasteiger partial charge in [0.25, 0.3) is 0 Å². The van der Waals surface area contributed by atoms with Crippen LogP contribution in [0.4, 0.5) is 0 Å². The minimum absolute atomic E-state index is 0. The Hall–Kier alpha value is -0.790. The topological polar surface area (TPSA) is 76.1 Å². The predicted octanol–water partition coefficient (Wildman–Crippen LogP) is -0.568. The van der Waals surface area contributed by atoms with Gasteiger partial charge >= 0.3 is 5.97 Å². The Morgan fingerprint density at radius 2 is 2.33 bits per heavy atom. The zero-order valence-electron chi connectivity index (χ0n) is 4.83. The Labute approximate surface area is 59.0 Å². The summed E-state index contributed by atoms with van der Waals surface area (Å²) < 4.78 is 4.12. The number of esters is 1. The maximum Gasteiger partial charge on any atom is 0.337 e. The van der Waals surface area contributed by atoms with Crippen LogP contribution in [0.3, 0.4) is 0 Å². The van der Waals surface area contributed by atoms with E-state index >= 15 is 0 Å². The van der Waals surface area contributed by atoms with Gasteiger partial charge in [0, 0.05) is 0 Å². The second kappa shape index (κ2) is 5.35. The highest BCUT2D eigenvalue weighted by molar-refractivity contribution is 5.85. The van der Waals surface area contributed by atoms with E-state index in [0.29, 0.717) is 0 Å². The lowest BCUT2D eigenvalue weighted by Crippen LogP contribution is -2.29. The Morgan fingerprint density at radius 1 is 1.89 bits per heavy atom. The lowest BCUT2D eigenvalue weighted by atomic mass is 10.4. The molecule has 9 heavy (non-hydrogen) atoms. The summed E-state index contributed by atoms with van der Waals surface area (Å²) in [6, 6.07) is 0.380. The molecular weight excluding hydrogens is 144 g/mol. The van der Waals surface area contributed by atoms with Crippen LogP contribution in [0.2, 0.25) is 0 Å². The fourth-order valence-corrected chi connectivity index (χ4v) is 0.180. The number of ether oxygens (including phenoxy) is 1. The molecule has 0 heterocycles. The van der Waals surface area contributed by atoms with Crippen LogP contribution in [0.1, 0.15) is 0 Å². The van der Waals surface area contributed by atoms with Crippen LogP contribution < -0.4 is 5.73 Å². The summed E-state index contributed by atoms with van der Waals surface area (Å²) in [6.07, 6.45) is 0. The molecule has 0 aliphatic carbocycles. The number of carbonyl (C=O) groups is 1. The number of nitriles is 1. The minimum atomic E-state index is -1.14. The lowest BCUT2D eigenvalue weighted by Gasteiger charge is -1.95. The van der Waals surface area contributed by atoms with Crippen molar-refractivity contribution in [3.05, 3.63) is 0 Å². The van der Waals surface area contributed by atoms with Gasteiger partial charge in [0.15, 0.2) is 6.04 Å². The second-order valence-corrected chi connectivity index (χ2v) is 1.13. The maximum absolute atomic E-state index is 10.2. The van der Waals surface area contributed by atoms with E-state index in [1.54, 1.807) is 0 Å².